The topological polar surface area (TPSA) is 75.6 Å². The van der Waals surface area contributed by atoms with Crippen LogP contribution in [0.4, 0.5) is 0 Å². The van der Waals surface area contributed by atoms with Crippen LogP contribution < -0.4 is 10.1 Å². The van der Waals surface area contributed by atoms with E-state index in [0.717, 1.165) is 16.9 Å². The Morgan fingerprint density at radius 2 is 1.89 bits per heavy atom. The summed E-state index contributed by atoms with van der Waals surface area (Å²) in [7, 11) is 1.58. The molecule has 0 radical (unpaired) electrons. The molecule has 0 fully saturated rings. The van der Waals surface area contributed by atoms with Crippen LogP contribution in [0.15, 0.2) is 12.1 Å². The summed E-state index contributed by atoms with van der Waals surface area (Å²) in [5.41, 5.74) is 2.37. The summed E-state index contributed by atoms with van der Waals surface area (Å²) in [6, 6.07) is 3.44. The Balaban J connectivity index is 2.80. The predicted octanol–water partition coefficient (Wildman–Crippen LogP) is 1.17. The second-order valence-corrected chi connectivity index (χ2v) is 3.99. The van der Waals surface area contributed by atoms with Gasteiger partial charge >= 0.3 is 5.97 Å². The van der Waals surface area contributed by atoms with E-state index in [2.05, 4.69) is 5.32 Å². The van der Waals surface area contributed by atoms with Crippen LogP contribution in [-0.4, -0.2) is 37.1 Å². The Morgan fingerprint density at radius 1 is 1.22 bits per heavy atom. The van der Waals surface area contributed by atoms with Crippen molar-refractivity contribution in [3.05, 3.63) is 28.8 Å². The minimum absolute atomic E-state index is 0.0128. The molecule has 0 spiro atoms. The maximum absolute atomic E-state index is 11.9. The number of hydrogen-bond donors (Lipinski definition) is 2. The highest BCUT2D eigenvalue weighted by atomic mass is 16.5. The highest BCUT2D eigenvalue weighted by Crippen LogP contribution is 2.23. The molecule has 1 aromatic carbocycles. The highest BCUT2D eigenvalue weighted by Gasteiger charge is 2.13. The third-order valence-electron chi connectivity index (χ3n) is 2.82. The van der Waals surface area contributed by atoms with E-state index in [0.29, 0.717) is 5.56 Å². The van der Waals surface area contributed by atoms with Gasteiger partial charge in [0.25, 0.3) is 0 Å². The zero-order valence-corrected chi connectivity index (χ0v) is 10.7. The van der Waals surface area contributed by atoms with Gasteiger partial charge in [0.05, 0.1) is 20.2 Å². The van der Waals surface area contributed by atoms with Crippen LogP contribution in [0.3, 0.4) is 0 Å². The molecule has 0 atom stereocenters. The maximum Gasteiger partial charge on any atom is 0.317 e. The molecule has 0 unspecified atom stereocenters. The Bertz CT molecular complexity index is 468. The molecule has 98 valence electrons. The normalized spacial score (nSPS) is 10.2. The van der Waals surface area contributed by atoms with Crippen LogP contribution in [0.5, 0.6) is 5.75 Å². The molecule has 0 aliphatic carbocycles. The van der Waals surface area contributed by atoms with E-state index in [4.69, 9.17) is 9.84 Å². The lowest BCUT2D eigenvalue weighted by molar-refractivity contribution is -0.135. The van der Waals surface area contributed by atoms with E-state index in [-0.39, 0.29) is 18.9 Å². The number of benzene rings is 1. The molecule has 0 aliphatic rings. The van der Waals surface area contributed by atoms with Crippen LogP contribution in [0.1, 0.15) is 21.5 Å². The molecule has 0 aliphatic heterocycles. The number of aliphatic carboxylic acids is 1. The lowest BCUT2D eigenvalue weighted by Crippen LogP contribution is -2.28. The lowest BCUT2D eigenvalue weighted by Gasteiger charge is -2.11. The first kappa shape index (κ1) is 14.2. The highest BCUT2D eigenvalue weighted by molar-refractivity contribution is 5.99. The number of ether oxygens (including phenoxy) is 1. The number of carbonyl (C=O) groups excluding carboxylic acids is 1. The number of nitrogens with one attached hydrogen (secondary N) is 1. The summed E-state index contributed by atoms with van der Waals surface area (Å²) in [5, 5.41) is 11.1. The predicted molar refractivity (Wildman–Crippen MR) is 67.3 cm³/mol. The lowest BCUT2D eigenvalue weighted by atomic mass is 9.99. The number of carboxylic acid groups (broad SMARTS) is 1. The largest absolute Gasteiger partial charge is 0.496 e. The van der Waals surface area contributed by atoms with Crippen molar-refractivity contribution in [2.45, 2.75) is 13.8 Å². The molecular weight excluding hydrogens is 234 g/mol. The first-order chi connectivity index (χ1) is 8.47. The van der Waals surface area contributed by atoms with Gasteiger partial charge in [0.2, 0.25) is 0 Å². The van der Waals surface area contributed by atoms with E-state index in [1.165, 1.54) is 0 Å². The molecule has 0 saturated heterocycles. The molecular formula is C13H17NO4. The number of carboxylic acids is 1. The molecule has 0 amide bonds. The molecule has 0 aromatic heterocycles. The second-order valence-electron chi connectivity index (χ2n) is 3.99. The fourth-order valence-electron chi connectivity index (χ4n) is 1.70. The molecule has 2 N–H and O–H groups in total. The minimum Gasteiger partial charge on any atom is -0.496 e. The van der Waals surface area contributed by atoms with Crippen LogP contribution in [-0.2, 0) is 4.79 Å². The first-order valence-corrected chi connectivity index (χ1v) is 5.57. The van der Waals surface area contributed by atoms with Crippen molar-refractivity contribution in [2.24, 2.45) is 0 Å². The van der Waals surface area contributed by atoms with E-state index in [1.54, 1.807) is 19.2 Å². The van der Waals surface area contributed by atoms with Gasteiger partial charge < -0.3 is 9.84 Å². The Morgan fingerprint density at radius 3 is 2.44 bits per heavy atom. The molecule has 1 aromatic rings. The number of methoxy groups -OCH3 is 1. The summed E-state index contributed by atoms with van der Waals surface area (Å²) in [6.45, 7) is 3.52. The molecule has 5 nitrogen and oxygen atoms in total. The zero-order valence-electron chi connectivity index (χ0n) is 10.7. The summed E-state index contributed by atoms with van der Waals surface area (Å²) in [5.74, 6) is -0.368. The SMILES string of the molecule is COc1ccc(C(=O)CNCC(=O)O)c(C)c1C. The molecule has 1 rings (SSSR count). The van der Waals surface area contributed by atoms with Crippen molar-refractivity contribution < 1.29 is 19.4 Å². The third kappa shape index (κ3) is 3.30. The zero-order chi connectivity index (χ0) is 13.7. The number of ketones is 1. The summed E-state index contributed by atoms with van der Waals surface area (Å²) in [4.78, 5) is 22.2. The fourth-order valence-corrected chi connectivity index (χ4v) is 1.70. The molecule has 0 heterocycles. The number of rotatable bonds is 6. The third-order valence-corrected chi connectivity index (χ3v) is 2.82. The molecule has 5 heteroatoms. The Labute approximate surface area is 106 Å². The van der Waals surface area contributed by atoms with E-state index >= 15 is 0 Å². The quantitative estimate of drug-likeness (QED) is 0.742. The van der Waals surface area contributed by atoms with Crippen molar-refractivity contribution >= 4 is 11.8 Å². The van der Waals surface area contributed by atoms with Crippen LogP contribution in [0, 0.1) is 13.8 Å². The smallest absolute Gasteiger partial charge is 0.317 e. The van der Waals surface area contributed by atoms with Crippen LogP contribution >= 0.6 is 0 Å². The average molecular weight is 251 g/mol. The van der Waals surface area contributed by atoms with E-state index in [9.17, 15) is 9.59 Å². The minimum atomic E-state index is -0.981. The van der Waals surface area contributed by atoms with Gasteiger partial charge in [-0.3, -0.25) is 14.9 Å². The van der Waals surface area contributed by atoms with Gasteiger partial charge in [0.15, 0.2) is 5.78 Å². The molecule has 0 bridgehead atoms. The number of Topliss-reactive ketones (excluding diaryl/α,β-unsaturated/α-hetero) is 1. The second kappa shape index (κ2) is 6.16. The average Bonchev–Trinajstić information content (AvgIpc) is 2.32. The first-order valence-electron chi connectivity index (χ1n) is 5.57. The van der Waals surface area contributed by atoms with E-state index in [1.807, 2.05) is 13.8 Å². The summed E-state index contributed by atoms with van der Waals surface area (Å²) >= 11 is 0. The van der Waals surface area contributed by atoms with Gasteiger partial charge in [-0.15, -0.1) is 0 Å². The Kier molecular flexibility index (Phi) is 4.85. The molecule has 0 saturated carbocycles. The van der Waals surface area contributed by atoms with Gasteiger partial charge in [-0.2, -0.15) is 0 Å². The van der Waals surface area contributed by atoms with Crippen LogP contribution in [0.2, 0.25) is 0 Å². The van der Waals surface area contributed by atoms with Crippen molar-refractivity contribution in [1.82, 2.24) is 5.32 Å². The standard InChI is InChI=1S/C13H17NO4/c1-8-9(2)12(18-3)5-4-10(8)11(15)6-14-7-13(16)17/h4-5,14H,6-7H2,1-3H3,(H,16,17). The monoisotopic (exact) mass is 251 g/mol. The summed E-state index contributed by atoms with van der Waals surface area (Å²) < 4.78 is 5.17. The van der Waals surface area contributed by atoms with Crippen molar-refractivity contribution in [3.63, 3.8) is 0 Å². The van der Waals surface area contributed by atoms with Gasteiger partial charge in [-0.05, 0) is 37.1 Å². The number of hydrogen-bond acceptors (Lipinski definition) is 4. The molecule has 18 heavy (non-hydrogen) atoms. The van der Waals surface area contributed by atoms with Gasteiger partial charge in [-0.25, -0.2) is 0 Å². The van der Waals surface area contributed by atoms with Crippen molar-refractivity contribution in [1.29, 1.82) is 0 Å². The van der Waals surface area contributed by atoms with Crippen LogP contribution in [0.25, 0.3) is 0 Å². The van der Waals surface area contributed by atoms with Crippen molar-refractivity contribution in [2.75, 3.05) is 20.2 Å². The summed E-state index contributed by atoms with van der Waals surface area (Å²) in [6.07, 6.45) is 0. The Hall–Kier alpha value is -1.88. The fraction of sp³-hybridized carbons (Fsp3) is 0.385. The van der Waals surface area contributed by atoms with Gasteiger partial charge in [0.1, 0.15) is 5.75 Å². The maximum atomic E-state index is 11.9. The van der Waals surface area contributed by atoms with Gasteiger partial charge in [0, 0.05) is 5.56 Å². The van der Waals surface area contributed by atoms with E-state index < -0.39 is 5.97 Å². The number of carbonyl (C=O) groups is 2. The van der Waals surface area contributed by atoms with Gasteiger partial charge in [-0.1, -0.05) is 0 Å². The van der Waals surface area contributed by atoms with Crippen molar-refractivity contribution in [3.8, 4) is 5.75 Å².